The lowest BCUT2D eigenvalue weighted by molar-refractivity contribution is 0.104. The van der Waals surface area contributed by atoms with Crippen LogP contribution in [0.2, 0.25) is 0 Å². The summed E-state index contributed by atoms with van der Waals surface area (Å²) >= 11 is 0. The van der Waals surface area contributed by atoms with Gasteiger partial charge in [-0.25, -0.2) is 0 Å². The molecule has 0 bridgehead atoms. The zero-order valence-electron chi connectivity index (χ0n) is 9.81. The first kappa shape index (κ1) is 10.5. The van der Waals surface area contributed by atoms with Crippen molar-refractivity contribution in [2.24, 2.45) is 17.1 Å². The zero-order chi connectivity index (χ0) is 10.2. The molecule has 0 heterocycles. The molecule has 2 unspecified atom stereocenters. The lowest BCUT2D eigenvalue weighted by Crippen LogP contribution is -2.44. The van der Waals surface area contributed by atoms with Crippen LogP contribution in [-0.4, -0.2) is 5.54 Å². The molecule has 0 radical (unpaired) electrons. The van der Waals surface area contributed by atoms with Gasteiger partial charge in [-0.3, -0.25) is 0 Å². The fourth-order valence-electron chi connectivity index (χ4n) is 3.59. The Morgan fingerprint density at radius 1 is 1.29 bits per heavy atom. The highest BCUT2D eigenvalue weighted by atomic mass is 14.8. The Labute approximate surface area is 88.4 Å². The molecule has 2 rings (SSSR count). The van der Waals surface area contributed by atoms with Gasteiger partial charge in [-0.05, 0) is 49.9 Å². The summed E-state index contributed by atoms with van der Waals surface area (Å²) in [5, 5.41) is 0. The molecule has 2 N–H and O–H groups in total. The van der Waals surface area contributed by atoms with Crippen molar-refractivity contribution < 1.29 is 0 Å². The Bertz CT molecular complexity index is 207. The molecule has 0 aromatic heterocycles. The molecule has 0 amide bonds. The van der Waals surface area contributed by atoms with Gasteiger partial charge in [-0.2, -0.15) is 0 Å². The highest BCUT2D eigenvalue weighted by Crippen LogP contribution is 2.50. The molecule has 2 aliphatic carbocycles. The molecule has 0 aliphatic heterocycles. The molecular weight excluding hydrogens is 170 g/mol. The maximum absolute atomic E-state index is 6.52. The molecule has 2 aliphatic rings. The molecule has 0 aromatic carbocycles. The lowest BCUT2D eigenvalue weighted by atomic mass is 9.63. The maximum Gasteiger partial charge on any atom is 0.0162 e. The van der Waals surface area contributed by atoms with E-state index in [1.165, 1.54) is 51.4 Å². The molecule has 2 saturated carbocycles. The van der Waals surface area contributed by atoms with Gasteiger partial charge in [0.2, 0.25) is 0 Å². The lowest BCUT2D eigenvalue weighted by Gasteiger charge is -2.44. The standard InChI is InChI=1S/C13H25N/c1-3-11-5-8-13(14,9-11)10-12(2)6-4-7-12/h11H,3-10,14H2,1-2H3. The van der Waals surface area contributed by atoms with Crippen molar-refractivity contribution in [1.29, 1.82) is 0 Å². The molecule has 1 heteroatoms. The summed E-state index contributed by atoms with van der Waals surface area (Å²) in [4.78, 5) is 0. The van der Waals surface area contributed by atoms with E-state index in [2.05, 4.69) is 13.8 Å². The largest absolute Gasteiger partial charge is 0.325 e. The number of rotatable bonds is 3. The Hall–Kier alpha value is -0.0400. The van der Waals surface area contributed by atoms with Crippen molar-refractivity contribution in [1.82, 2.24) is 0 Å². The van der Waals surface area contributed by atoms with Crippen LogP contribution in [0, 0.1) is 11.3 Å². The first-order chi connectivity index (χ1) is 6.55. The van der Waals surface area contributed by atoms with Crippen molar-refractivity contribution >= 4 is 0 Å². The van der Waals surface area contributed by atoms with E-state index >= 15 is 0 Å². The molecule has 2 atom stereocenters. The maximum atomic E-state index is 6.52. The van der Waals surface area contributed by atoms with Crippen LogP contribution < -0.4 is 5.73 Å². The first-order valence-corrected chi connectivity index (χ1v) is 6.34. The van der Waals surface area contributed by atoms with Gasteiger partial charge in [0.1, 0.15) is 0 Å². The monoisotopic (exact) mass is 195 g/mol. The Balaban J connectivity index is 1.90. The summed E-state index contributed by atoms with van der Waals surface area (Å²) in [6.07, 6.45) is 10.8. The molecular formula is C13H25N. The van der Waals surface area contributed by atoms with Crippen molar-refractivity contribution in [3.63, 3.8) is 0 Å². The van der Waals surface area contributed by atoms with Crippen molar-refractivity contribution in [3.8, 4) is 0 Å². The van der Waals surface area contributed by atoms with E-state index in [9.17, 15) is 0 Å². The third-order valence-electron chi connectivity index (χ3n) is 4.66. The topological polar surface area (TPSA) is 26.0 Å². The summed E-state index contributed by atoms with van der Waals surface area (Å²) in [6.45, 7) is 4.74. The molecule has 2 fully saturated rings. The third-order valence-corrected chi connectivity index (χ3v) is 4.66. The zero-order valence-corrected chi connectivity index (χ0v) is 9.81. The molecule has 0 spiro atoms. The van der Waals surface area contributed by atoms with Crippen LogP contribution in [-0.2, 0) is 0 Å². The van der Waals surface area contributed by atoms with Crippen molar-refractivity contribution in [2.75, 3.05) is 0 Å². The minimum Gasteiger partial charge on any atom is -0.325 e. The van der Waals surface area contributed by atoms with Crippen LogP contribution in [0.4, 0.5) is 0 Å². The highest BCUT2D eigenvalue weighted by molar-refractivity contribution is 4.99. The average Bonchev–Trinajstić information content (AvgIpc) is 2.45. The molecule has 0 aromatic rings. The minimum absolute atomic E-state index is 0.204. The van der Waals surface area contributed by atoms with Crippen molar-refractivity contribution in [2.45, 2.75) is 70.8 Å². The summed E-state index contributed by atoms with van der Waals surface area (Å²) in [5.41, 5.74) is 7.33. The second-order valence-electron chi connectivity index (χ2n) is 6.22. The van der Waals surface area contributed by atoms with E-state index in [1.807, 2.05) is 0 Å². The van der Waals surface area contributed by atoms with Gasteiger partial charge in [-0.1, -0.05) is 26.7 Å². The van der Waals surface area contributed by atoms with Gasteiger partial charge in [0.05, 0.1) is 0 Å². The van der Waals surface area contributed by atoms with E-state index in [4.69, 9.17) is 5.73 Å². The van der Waals surface area contributed by atoms with Gasteiger partial charge in [-0.15, -0.1) is 0 Å². The van der Waals surface area contributed by atoms with Gasteiger partial charge >= 0.3 is 0 Å². The summed E-state index contributed by atoms with van der Waals surface area (Å²) < 4.78 is 0. The summed E-state index contributed by atoms with van der Waals surface area (Å²) in [6, 6.07) is 0. The van der Waals surface area contributed by atoms with Crippen molar-refractivity contribution in [3.05, 3.63) is 0 Å². The van der Waals surface area contributed by atoms with Gasteiger partial charge in [0, 0.05) is 5.54 Å². The SMILES string of the molecule is CCC1CCC(N)(CC2(C)CCC2)C1. The number of hydrogen-bond acceptors (Lipinski definition) is 1. The third kappa shape index (κ3) is 1.98. The van der Waals surface area contributed by atoms with Crippen LogP contribution in [0.25, 0.3) is 0 Å². The summed E-state index contributed by atoms with van der Waals surface area (Å²) in [5.74, 6) is 0.920. The van der Waals surface area contributed by atoms with Crippen LogP contribution >= 0.6 is 0 Å². The number of nitrogens with two attached hydrogens (primary N) is 1. The molecule has 82 valence electrons. The predicted octanol–water partition coefficient (Wildman–Crippen LogP) is 3.47. The van der Waals surface area contributed by atoms with E-state index in [-0.39, 0.29) is 5.54 Å². The molecule has 14 heavy (non-hydrogen) atoms. The Morgan fingerprint density at radius 2 is 2.00 bits per heavy atom. The van der Waals surface area contributed by atoms with E-state index < -0.39 is 0 Å². The average molecular weight is 195 g/mol. The normalized spacial score (nSPS) is 40.9. The quantitative estimate of drug-likeness (QED) is 0.733. The molecule has 1 nitrogen and oxygen atoms in total. The van der Waals surface area contributed by atoms with Gasteiger partial charge in [0.25, 0.3) is 0 Å². The number of hydrogen-bond donors (Lipinski definition) is 1. The highest BCUT2D eigenvalue weighted by Gasteiger charge is 2.43. The van der Waals surface area contributed by atoms with E-state index in [1.54, 1.807) is 0 Å². The van der Waals surface area contributed by atoms with E-state index in [0.717, 1.165) is 5.92 Å². The molecule has 0 saturated heterocycles. The van der Waals surface area contributed by atoms with Crippen LogP contribution in [0.3, 0.4) is 0 Å². The second kappa shape index (κ2) is 3.52. The smallest absolute Gasteiger partial charge is 0.0162 e. The van der Waals surface area contributed by atoms with Crippen LogP contribution in [0.5, 0.6) is 0 Å². The van der Waals surface area contributed by atoms with Crippen LogP contribution in [0.1, 0.15) is 65.2 Å². The predicted molar refractivity (Wildman–Crippen MR) is 61.1 cm³/mol. The van der Waals surface area contributed by atoms with E-state index in [0.29, 0.717) is 5.41 Å². The summed E-state index contributed by atoms with van der Waals surface area (Å²) in [7, 11) is 0. The van der Waals surface area contributed by atoms with Crippen LogP contribution in [0.15, 0.2) is 0 Å². The minimum atomic E-state index is 0.204. The van der Waals surface area contributed by atoms with Gasteiger partial charge < -0.3 is 5.73 Å². The Kier molecular flexibility index (Phi) is 2.63. The first-order valence-electron chi connectivity index (χ1n) is 6.34. The second-order valence-corrected chi connectivity index (χ2v) is 6.22. The Morgan fingerprint density at radius 3 is 2.43 bits per heavy atom. The fraction of sp³-hybridized carbons (Fsp3) is 1.00. The van der Waals surface area contributed by atoms with Gasteiger partial charge in [0.15, 0.2) is 0 Å². The fourth-order valence-corrected chi connectivity index (χ4v) is 3.59.